The standard InChI is InChI=1S/C28H35FN2O3/c1-4-25(28(33)30-13-5-6-14-30)34-23-11-10-20-12-15-31(26(32)16-19(2)3)27(24(20)18-23)21-8-7-9-22(29)17-21/h7-11,17-19,25,27H,4-6,12-16H2,1-3H3/t25-,27+/m1/s1. The normalized spacial score (nSPS) is 18.7. The van der Waals surface area contributed by atoms with Crippen molar-refractivity contribution in [3.8, 4) is 5.75 Å². The molecule has 34 heavy (non-hydrogen) atoms. The average Bonchev–Trinajstić information content (AvgIpc) is 3.36. The van der Waals surface area contributed by atoms with Crippen LogP contribution in [-0.2, 0) is 16.0 Å². The van der Waals surface area contributed by atoms with E-state index in [1.165, 1.54) is 12.1 Å². The van der Waals surface area contributed by atoms with E-state index in [1.54, 1.807) is 6.07 Å². The molecule has 2 amide bonds. The van der Waals surface area contributed by atoms with Gasteiger partial charge in [-0.2, -0.15) is 0 Å². The van der Waals surface area contributed by atoms with Gasteiger partial charge in [0.1, 0.15) is 11.6 Å². The van der Waals surface area contributed by atoms with E-state index >= 15 is 0 Å². The fourth-order valence-corrected chi connectivity index (χ4v) is 5.05. The van der Waals surface area contributed by atoms with Gasteiger partial charge in [0.15, 0.2) is 6.10 Å². The van der Waals surface area contributed by atoms with Gasteiger partial charge in [-0.15, -0.1) is 0 Å². The number of amides is 2. The predicted molar refractivity (Wildman–Crippen MR) is 130 cm³/mol. The number of halogens is 1. The molecular formula is C28H35FN2O3. The van der Waals surface area contributed by atoms with E-state index in [9.17, 15) is 14.0 Å². The molecule has 2 aliphatic rings. The van der Waals surface area contributed by atoms with E-state index in [4.69, 9.17) is 4.74 Å². The summed E-state index contributed by atoms with van der Waals surface area (Å²) < 4.78 is 20.4. The summed E-state index contributed by atoms with van der Waals surface area (Å²) in [5, 5.41) is 0. The molecule has 2 heterocycles. The van der Waals surface area contributed by atoms with Gasteiger partial charge < -0.3 is 14.5 Å². The molecule has 0 aliphatic carbocycles. The lowest BCUT2D eigenvalue weighted by atomic mass is 9.87. The Balaban J connectivity index is 1.67. The molecule has 0 aromatic heterocycles. The van der Waals surface area contributed by atoms with Crippen molar-refractivity contribution in [1.29, 1.82) is 0 Å². The summed E-state index contributed by atoms with van der Waals surface area (Å²) in [4.78, 5) is 29.9. The molecule has 2 aromatic carbocycles. The lowest BCUT2D eigenvalue weighted by molar-refractivity contribution is -0.137. The van der Waals surface area contributed by atoms with Crippen molar-refractivity contribution in [3.63, 3.8) is 0 Å². The van der Waals surface area contributed by atoms with Crippen LogP contribution >= 0.6 is 0 Å². The van der Waals surface area contributed by atoms with Gasteiger partial charge in [-0.25, -0.2) is 4.39 Å². The number of fused-ring (bicyclic) bond motifs is 1. The van der Waals surface area contributed by atoms with Crippen molar-refractivity contribution in [2.45, 2.75) is 65.0 Å². The summed E-state index contributed by atoms with van der Waals surface area (Å²) >= 11 is 0. The fourth-order valence-electron chi connectivity index (χ4n) is 5.05. The van der Waals surface area contributed by atoms with Crippen LogP contribution in [0.15, 0.2) is 42.5 Å². The van der Waals surface area contributed by atoms with Gasteiger partial charge in [-0.1, -0.05) is 39.0 Å². The summed E-state index contributed by atoms with van der Waals surface area (Å²) in [7, 11) is 0. The number of rotatable bonds is 7. The summed E-state index contributed by atoms with van der Waals surface area (Å²) in [5.74, 6) is 0.622. The highest BCUT2D eigenvalue weighted by molar-refractivity contribution is 5.81. The van der Waals surface area contributed by atoms with Crippen molar-refractivity contribution < 1.29 is 18.7 Å². The third-order valence-electron chi connectivity index (χ3n) is 6.76. The number of nitrogens with zero attached hydrogens (tertiary/aromatic N) is 2. The average molecular weight is 467 g/mol. The first-order valence-electron chi connectivity index (χ1n) is 12.5. The highest BCUT2D eigenvalue weighted by atomic mass is 19.1. The maximum atomic E-state index is 14.2. The largest absolute Gasteiger partial charge is 0.481 e. The molecular weight excluding hydrogens is 431 g/mol. The first-order chi connectivity index (χ1) is 16.4. The van der Waals surface area contributed by atoms with Gasteiger partial charge in [0.2, 0.25) is 5.91 Å². The quantitative estimate of drug-likeness (QED) is 0.569. The van der Waals surface area contributed by atoms with Crippen LogP contribution in [0, 0.1) is 11.7 Å². The highest BCUT2D eigenvalue weighted by Gasteiger charge is 2.33. The lowest BCUT2D eigenvalue weighted by Gasteiger charge is -2.38. The minimum atomic E-state index is -0.536. The summed E-state index contributed by atoms with van der Waals surface area (Å²) in [6.07, 6.45) is 3.30. The zero-order valence-corrected chi connectivity index (χ0v) is 20.4. The van der Waals surface area contributed by atoms with E-state index in [0.29, 0.717) is 25.1 Å². The molecule has 0 unspecified atom stereocenters. The van der Waals surface area contributed by atoms with Crippen LogP contribution in [0.2, 0.25) is 0 Å². The summed E-state index contributed by atoms with van der Waals surface area (Å²) in [6, 6.07) is 12.0. The second-order valence-corrected chi connectivity index (χ2v) is 9.80. The fraction of sp³-hybridized carbons (Fsp3) is 0.500. The van der Waals surface area contributed by atoms with Gasteiger partial charge in [0, 0.05) is 26.1 Å². The Hall–Kier alpha value is -2.89. The van der Waals surface area contributed by atoms with Crippen LogP contribution in [-0.4, -0.2) is 47.4 Å². The Morgan fingerprint density at radius 3 is 2.53 bits per heavy atom. The minimum absolute atomic E-state index is 0.0353. The Morgan fingerprint density at radius 2 is 1.85 bits per heavy atom. The van der Waals surface area contributed by atoms with E-state index in [1.807, 2.05) is 54.8 Å². The van der Waals surface area contributed by atoms with E-state index in [0.717, 1.165) is 49.0 Å². The van der Waals surface area contributed by atoms with Crippen LogP contribution in [0.5, 0.6) is 5.75 Å². The van der Waals surface area contributed by atoms with Gasteiger partial charge in [-0.05, 0) is 72.6 Å². The molecule has 6 heteroatoms. The number of carbonyl (C=O) groups is 2. The smallest absolute Gasteiger partial charge is 0.263 e. The maximum Gasteiger partial charge on any atom is 0.263 e. The number of likely N-dealkylation sites (tertiary alicyclic amines) is 1. The maximum absolute atomic E-state index is 14.2. The molecule has 0 radical (unpaired) electrons. The molecule has 2 aliphatic heterocycles. The molecule has 0 saturated carbocycles. The van der Waals surface area contributed by atoms with Crippen LogP contribution in [0.3, 0.4) is 0 Å². The summed E-state index contributed by atoms with van der Waals surface area (Å²) in [6.45, 7) is 8.18. The zero-order valence-electron chi connectivity index (χ0n) is 20.4. The predicted octanol–water partition coefficient (Wildman–Crippen LogP) is 5.13. The molecule has 0 N–H and O–H groups in total. The van der Waals surface area contributed by atoms with Gasteiger partial charge in [0.25, 0.3) is 5.91 Å². The molecule has 0 spiro atoms. The topological polar surface area (TPSA) is 49.9 Å². The minimum Gasteiger partial charge on any atom is -0.481 e. The van der Waals surface area contributed by atoms with Gasteiger partial charge >= 0.3 is 0 Å². The van der Waals surface area contributed by atoms with Crippen molar-refractivity contribution in [2.24, 2.45) is 5.92 Å². The third-order valence-corrected chi connectivity index (χ3v) is 6.76. The van der Waals surface area contributed by atoms with E-state index in [2.05, 4.69) is 0 Å². The zero-order chi connectivity index (χ0) is 24.2. The Kier molecular flexibility index (Phi) is 7.54. The number of hydrogen-bond donors (Lipinski definition) is 0. The molecule has 5 nitrogen and oxygen atoms in total. The van der Waals surface area contributed by atoms with Crippen LogP contribution in [0.4, 0.5) is 4.39 Å². The number of hydrogen-bond acceptors (Lipinski definition) is 3. The van der Waals surface area contributed by atoms with Crippen molar-refractivity contribution >= 4 is 11.8 Å². The molecule has 1 fully saturated rings. The molecule has 2 aromatic rings. The van der Waals surface area contributed by atoms with Crippen molar-refractivity contribution in [1.82, 2.24) is 9.80 Å². The first kappa shape index (κ1) is 24.2. The highest BCUT2D eigenvalue weighted by Crippen LogP contribution is 2.38. The second-order valence-electron chi connectivity index (χ2n) is 9.80. The summed E-state index contributed by atoms with van der Waals surface area (Å²) in [5.41, 5.74) is 2.81. The van der Waals surface area contributed by atoms with Gasteiger partial charge in [0.05, 0.1) is 6.04 Å². The Labute approximate surface area is 201 Å². The Bertz CT molecular complexity index is 1030. The molecule has 0 bridgehead atoms. The molecule has 182 valence electrons. The van der Waals surface area contributed by atoms with Gasteiger partial charge in [-0.3, -0.25) is 9.59 Å². The van der Waals surface area contributed by atoms with Crippen molar-refractivity contribution in [3.05, 3.63) is 65.0 Å². The first-order valence-corrected chi connectivity index (χ1v) is 12.5. The van der Waals surface area contributed by atoms with Crippen LogP contribution in [0.1, 0.15) is 69.2 Å². The number of ether oxygens (including phenoxy) is 1. The van der Waals surface area contributed by atoms with E-state index < -0.39 is 6.10 Å². The monoisotopic (exact) mass is 466 g/mol. The second kappa shape index (κ2) is 10.6. The lowest BCUT2D eigenvalue weighted by Crippen LogP contribution is -2.41. The number of benzene rings is 2. The molecule has 1 saturated heterocycles. The van der Waals surface area contributed by atoms with Crippen LogP contribution < -0.4 is 4.74 Å². The van der Waals surface area contributed by atoms with Crippen LogP contribution in [0.25, 0.3) is 0 Å². The molecule has 2 atom stereocenters. The number of carbonyl (C=O) groups excluding carboxylic acids is 2. The van der Waals surface area contributed by atoms with E-state index in [-0.39, 0.29) is 29.6 Å². The molecule has 4 rings (SSSR count). The SMILES string of the molecule is CC[C@@H](Oc1ccc2c(c1)[C@H](c1cccc(F)c1)N(C(=O)CC(C)C)CC2)C(=O)N1CCCC1. The third kappa shape index (κ3) is 5.26. The van der Waals surface area contributed by atoms with Crippen molar-refractivity contribution in [2.75, 3.05) is 19.6 Å². The Morgan fingerprint density at radius 1 is 1.09 bits per heavy atom.